The fourth-order valence-corrected chi connectivity index (χ4v) is 10.8. The van der Waals surface area contributed by atoms with Crippen molar-refractivity contribution in [2.24, 2.45) is 0 Å². The van der Waals surface area contributed by atoms with Gasteiger partial charge in [0.2, 0.25) is 0 Å². The van der Waals surface area contributed by atoms with Crippen LogP contribution in [0.1, 0.15) is 0 Å². The van der Waals surface area contributed by atoms with Crippen LogP contribution in [-0.4, -0.2) is 9.13 Å². The third-order valence-electron chi connectivity index (χ3n) is 13.7. The van der Waals surface area contributed by atoms with E-state index in [4.69, 9.17) is 4.42 Å². The molecule has 0 bridgehead atoms. The summed E-state index contributed by atoms with van der Waals surface area (Å²) in [5, 5.41) is 12.1. The molecular weight excluding hydrogens is 789 g/mol. The summed E-state index contributed by atoms with van der Waals surface area (Å²) in [6, 6.07) is 84.0. The quantitative estimate of drug-likeness (QED) is 0.159. The molecule has 14 aromatic rings. The molecule has 11 aromatic carbocycles. The summed E-state index contributed by atoms with van der Waals surface area (Å²) < 4.78 is 11.6. The Labute approximate surface area is 374 Å². The molecule has 0 saturated carbocycles. The number of furan rings is 1. The first-order valence-electron chi connectivity index (χ1n) is 22.3. The maximum absolute atomic E-state index is 6.81. The highest BCUT2D eigenvalue weighted by Crippen LogP contribution is 2.46. The molecule has 3 heterocycles. The van der Waals surface area contributed by atoms with Crippen LogP contribution in [0.3, 0.4) is 0 Å². The predicted octanol–water partition coefficient (Wildman–Crippen LogP) is 17.1. The molecule has 3 heteroatoms. The molecule has 0 atom stereocenters. The van der Waals surface area contributed by atoms with Crippen molar-refractivity contribution in [2.75, 3.05) is 0 Å². The molecule has 0 unspecified atom stereocenters. The Bertz CT molecular complexity index is 4240. The number of hydrogen-bond acceptors (Lipinski definition) is 1. The fourth-order valence-electron chi connectivity index (χ4n) is 10.8. The SMILES string of the molecule is c1ccc(-n2c3ccccc3c3cc(-c4ccc5c(c4)c4ccccc4n5-c4cc(-c5ccccc5-c5cc6ccccc6c6ccccc56)c5c(c4)oc4ccccc45)ccc32)cc1. The number of nitrogens with zero attached hydrogens (tertiary/aromatic N) is 2. The summed E-state index contributed by atoms with van der Waals surface area (Å²) in [4.78, 5) is 0. The molecule has 0 saturated heterocycles. The van der Waals surface area contributed by atoms with E-state index in [0.29, 0.717) is 0 Å². The van der Waals surface area contributed by atoms with Crippen molar-refractivity contribution in [1.82, 2.24) is 9.13 Å². The predicted molar refractivity (Wildman–Crippen MR) is 274 cm³/mol. The van der Waals surface area contributed by atoms with Crippen LogP contribution < -0.4 is 0 Å². The molecule has 3 aromatic heterocycles. The number of rotatable bonds is 5. The van der Waals surface area contributed by atoms with Crippen molar-refractivity contribution in [1.29, 1.82) is 0 Å². The molecule has 0 aliphatic heterocycles. The van der Waals surface area contributed by atoms with Gasteiger partial charge in [-0.05, 0) is 122 Å². The topological polar surface area (TPSA) is 23.0 Å². The molecule has 3 nitrogen and oxygen atoms in total. The highest BCUT2D eigenvalue weighted by Gasteiger charge is 2.22. The molecule has 0 N–H and O–H groups in total. The molecule has 0 fully saturated rings. The van der Waals surface area contributed by atoms with E-state index in [9.17, 15) is 0 Å². The largest absolute Gasteiger partial charge is 0.456 e. The van der Waals surface area contributed by atoms with Crippen LogP contribution in [0.4, 0.5) is 0 Å². The van der Waals surface area contributed by atoms with Crippen molar-refractivity contribution in [3.8, 4) is 44.8 Å². The number of para-hydroxylation sites is 4. The Morgan fingerprint density at radius 1 is 0.262 bits per heavy atom. The summed E-state index contributed by atoms with van der Waals surface area (Å²) in [6.07, 6.45) is 0. The Kier molecular flexibility index (Phi) is 7.69. The Balaban J connectivity index is 0.990. The van der Waals surface area contributed by atoms with Crippen LogP contribution in [0, 0.1) is 0 Å². The second-order valence-electron chi connectivity index (χ2n) is 17.2. The average Bonchev–Trinajstić information content (AvgIpc) is 4.03. The number of hydrogen-bond donors (Lipinski definition) is 0. The summed E-state index contributed by atoms with van der Waals surface area (Å²) in [5.41, 5.74) is 15.7. The van der Waals surface area contributed by atoms with E-state index in [1.165, 1.54) is 81.9 Å². The van der Waals surface area contributed by atoms with Crippen molar-refractivity contribution in [3.63, 3.8) is 0 Å². The summed E-state index contributed by atoms with van der Waals surface area (Å²) in [5.74, 6) is 0. The van der Waals surface area contributed by atoms with Gasteiger partial charge in [-0.2, -0.15) is 0 Å². The lowest BCUT2D eigenvalue weighted by Gasteiger charge is -2.17. The van der Waals surface area contributed by atoms with Gasteiger partial charge in [0.1, 0.15) is 11.2 Å². The van der Waals surface area contributed by atoms with Gasteiger partial charge >= 0.3 is 0 Å². The average molecular weight is 827 g/mol. The van der Waals surface area contributed by atoms with Gasteiger partial charge in [0.25, 0.3) is 0 Å². The lowest BCUT2D eigenvalue weighted by atomic mass is 9.87. The fraction of sp³-hybridized carbons (Fsp3) is 0. The minimum Gasteiger partial charge on any atom is -0.456 e. The molecule has 0 spiro atoms. The molecule has 0 radical (unpaired) electrons. The normalized spacial score (nSPS) is 12.0. The monoisotopic (exact) mass is 826 g/mol. The molecule has 302 valence electrons. The minimum atomic E-state index is 0.863. The lowest BCUT2D eigenvalue weighted by Crippen LogP contribution is -1.96. The van der Waals surface area contributed by atoms with Crippen LogP contribution in [-0.2, 0) is 0 Å². The third-order valence-corrected chi connectivity index (χ3v) is 13.7. The second kappa shape index (κ2) is 13.9. The number of aromatic nitrogens is 2. The first-order chi connectivity index (χ1) is 32.2. The Hall–Kier alpha value is -8.66. The minimum absolute atomic E-state index is 0.863. The molecular formula is C62H38N2O. The van der Waals surface area contributed by atoms with Crippen LogP contribution in [0.2, 0.25) is 0 Å². The van der Waals surface area contributed by atoms with Gasteiger partial charge in [0.15, 0.2) is 0 Å². The van der Waals surface area contributed by atoms with Gasteiger partial charge in [0, 0.05) is 44.1 Å². The highest BCUT2D eigenvalue weighted by atomic mass is 16.3. The zero-order valence-electron chi connectivity index (χ0n) is 35.2. The molecule has 14 rings (SSSR count). The zero-order valence-corrected chi connectivity index (χ0v) is 35.2. The van der Waals surface area contributed by atoms with Crippen molar-refractivity contribution in [2.45, 2.75) is 0 Å². The smallest absolute Gasteiger partial charge is 0.138 e. The maximum atomic E-state index is 6.81. The summed E-state index contributed by atoms with van der Waals surface area (Å²) in [7, 11) is 0. The highest BCUT2D eigenvalue weighted by molar-refractivity contribution is 6.19. The van der Waals surface area contributed by atoms with Crippen LogP contribution in [0.15, 0.2) is 235 Å². The second-order valence-corrected chi connectivity index (χ2v) is 17.2. The van der Waals surface area contributed by atoms with E-state index >= 15 is 0 Å². The van der Waals surface area contributed by atoms with Crippen molar-refractivity contribution < 1.29 is 4.42 Å². The molecule has 0 aliphatic rings. The Morgan fingerprint density at radius 2 is 0.769 bits per heavy atom. The van der Waals surface area contributed by atoms with Gasteiger partial charge < -0.3 is 13.6 Å². The van der Waals surface area contributed by atoms with E-state index in [1.54, 1.807) is 0 Å². The van der Waals surface area contributed by atoms with Crippen LogP contribution in [0.25, 0.3) is 132 Å². The van der Waals surface area contributed by atoms with Gasteiger partial charge in [0.05, 0.1) is 27.8 Å². The molecule has 0 aliphatic carbocycles. The van der Waals surface area contributed by atoms with E-state index in [2.05, 4.69) is 240 Å². The molecule has 65 heavy (non-hydrogen) atoms. The van der Waals surface area contributed by atoms with Gasteiger partial charge in [-0.1, -0.05) is 158 Å². The van der Waals surface area contributed by atoms with Crippen LogP contribution >= 0.6 is 0 Å². The standard InChI is InChI=1S/C62H38N2O/c1-2-17-42(18-3-1)63-56-27-13-10-24-49(56)53-34-39(30-32-58(53)63)40-31-33-59-54(35-40)50-25-11-14-28-57(50)64(59)43-37-55(62-51-26-12-15-29-60(51)65-61(62)38-43)48-23-9-8-22-47(48)52-36-41-16-4-5-19-44(41)45-20-6-7-21-46(45)52/h1-38H. The van der Waals surface area contributed by atoms with Crippen LogP contribution in [0.5, 0.6) is 0 Å². The first kappa shape index (κ1) is 35.9. The number of benzene rings is 11. The molecule has 0 amide bonds. The van der Waals surface area contributed by atoms with E-state index in [-0.39, 0.29) is 0 Å². The van der Waals surface area contributed by atoms with E-state index in [1.807, 2.05) is 0 Å². The number of fused-ring (bicyclic) bond motifs is 12. The van der Waals surface area contributed by atoms with Crippen molar-refractivity contribution in [3.05, 3.63) is 231 Å². The third kappa shape index (κ3) is 5.36. The Morgan fingerprint density at radius 3 is 1.46 bits per heavy atom. The van der Waals surface area contributed by atoms with E-state index in [0.717, 1.165) is 49.9 Å². The summed E-state index contributed by atoms with van der Waals surface area (Å²) >= 11 is 0. The van der Waals surface area contributed by atoms with Gasteiger partial charge in [-0.3, -0.25) is 0 Å². The van der Waals surface area contributed by atoms with Crippen molar-refractivity contribution >= 4 is 87.1 Å². The lowest BCUT2D eigenvalue weighted by molar-refractivity contribution is 0.668. The first-order valence-corrected chi connectivity index (χ1v) is 22.3. The maximum Gasteiger partial charge on any atom is 0.138 e. The summed E-state index contributed by atoms with van der Waals surface area (Å²) in [6.45, 7) is 0. The van der Waals surface area contributed by atoms with Gasteiger partial charge in [-0.15, -0.1) is 0 Å². The zero-order chi connectivity index (χ0) is 42.6. The van der Waals surface area contributed by atoms with Gasteiger partial charge in [-0.25, -0.2) is 0 Å². The van der Waals surface area contributed by atoms with E-state index < -0.39 is 0 Å².